The van der Waals surface area contributed by atoms with Gasteiger partial charge >= 0.3 is 0 Å². The van der Waals surface area contributed by atoms with Crippen molar-refractivity contribution in [1.29, 1.82) is 0 Å². The SMILES string of the molecule is Cc1cccc2c(C(=O)[O-])cc(-c3cccc(Cl)c3)nc12. The molecule has 3 nitrogen and oxygen atoms in total. The summed E-state index contributed by atoms with van der Waals surface area (Å²) >= 11 is 5.99. The highest BCUT2D eigenvalue weighted by Gasteiger charge is 2.10. The summed E-state index contributed by atoms with van der Waals surface area (Å²) in [7, 11) is 0. The molecule has 104 valence electrons. The molecule has 4 heteroatoms. The standard InChI is InChI=1S/C17H12ClNO2/c1-10-4-2-7-13-14(17(20)21)9-15(19-16(10)13)11-5-3-6-12(18)8-11/h2-9H,1H3,(H,20,21)/p-1. The highest BCUT2D eigenvalue weighted by molar-refractivity contribution is 6.30. The first-order valence-corrected chi connectivity index (χ1v) is 6.82. The number of hydrogen-bond donors (Lipinski definition) is 0. The molecule has 0 aliphatic carbocycles. The van der Waals surface area contributed by atoms with Gasteiger partial charge in [-0.15, -0.1) is 0 Å². The topological polar surface area (TPSA) is 53.0 Å². The van der Waals surface area contributed by atoms with Crippen LogP contribution in [0.3, 0.4) is 0 Å². The van der Waals surface area contributed by atoms with E-state index in [1.165, 1.54) is 6.07 Å². The first-order chi connectivity index (χ1) is 10.1. The molecule has 3 rings (SSSR count). The number of aromatic nitrogens is 1. The van der Waals surface area contributed by atoms with E-state index in [1.54, 1.807) is 24.3 Å². The lowest BCUT2D eigenvalue weighted by molar-refractivity contribution is -0.254. The van der Waals surface area contributed by atoms with Crippen molar-refractivity contribution in [2.45, 2.75) is 6.92 Å². The van der Waals surface area contributed by atoms with E-state index in [9.17, 15) is 9.90 Å². The van der Waals surface area contributed by atoms with Crippen molar-refractivity contribution in [2.75, 3.05) is 0 Å². The van der Waals surface area contributed by atoms with Crippen LogP contribution < -0.4 is 5.11 Å². The number of nitrogens with zero attached hydrogens (tertiary/aromatic N) is 1. The summed E-state index contributed by atoms with van der Waals surface area (Å²) in [5, 5.41) is 12.6. The highest BCUT2D eigenvalue weighted by atomic mass is 35.5. The number of pyridine rings is 1. The third-order valence-corrected chi connectivity index (χ3v) is 3.62. The number of rotatable bonds is 2. The summed E-state index contributed by atoms with van der Waals surface area (Å²) in [5.41, 5.74) is 3.06. The number of benzene rings is 2. The van der Waals surface area contributed by atoms with Gasteiger partial charge in [-0.3, -0.25) is 0 Å². The van der Waals surface area contributed by atoms with E-state index in [2.05, 4.69) is 4.98 Å². The van der Waals surface area contributed by atoms with E-state index in [1.807, 2.05) is 25.1 Å². The molecule has 0 spiro atoms. The van der Waals surface area contributed by atoms with Crippen molar-refractivity contribution in [3.8, 4) is 11.3 Å². The summed E-state index contributed by atoms with van der Waals surface area (Å²) in [4.78, 5) is 16.0. The fraction of sp³-hybridized carbons (Fsp3) is 0.0588. The van der Waals surface area contributed by atoms with Gasteiger partial charge in [0.2, 0.25) is 0 Å². The fourth-order valence-corrected chi connectivity index (χ4v) is 2.55. The second-order valence-corrected chi connectivity index (χ2v) is 5.26. The van der Waals surface area contributed by atoms with Crippen molar-refractivity contribution in [3.63, 3.8) is 0 Å². The third kappa shape index (κ3) is 2.48. The molecule has 0 saturated carbocycles. The van der Waals surface area contributed by atoms with Gasteiger partial charge in [0.15, 0.2) is 0 Å². The van der Waals surface area contributed by atoms with E-state index >= 15 is 0 Å². The number of hydrogen-bond acceptors (Lipinski definition) is 3. The van der Waals surface area contributed by atoms with Gasteiger partial charge in [-0.05, 0) is 30.7 Å². The van der Waals surface area contributed by atoms with Crippen LogP contribution in [0, 0.1) is 6.92 Å². The van der Waals surface area contributed by atoms with Crippen molar-refractivity contribution < 1.29 is 9.90 Å². The lowest BCUT2D eigenvalue weighted by atomic mass is 10.0. The lowest BCUT2D eigenvalue weighted by Crippen LogP contribution is -2.22. The van der Waals surface area contributed by atoms with Crippen molar-refractivity contribution in [2.24, 2.45) is 0 Å². The Labute approximate surface area is 126 Å². The second-order valence-electron chi connectivity index (χ2n) is 4.82. The van der Waals surface area contributed by atoms with Crippen molar-refractivity contribution >= 4 is 28.5 Å². The number of halogens is 1. The molecule has 0 radical (unpaired) electrons. The van der Waals surface area contributed by atoms with Crippen LogP contribution in [0.1, 0.15) is 15.9 Å². The van der Waals surface area contributed by atoms with E-state index < -0.39 is 5.97 Å². The number of aromatic carboxylic acids is 1. The van der Waals surface area contributed by atoms with Gasteiger partial charge in [0.05, 0.1) is 17.2 Å². The average Bonchev–Trinajstić information content (AvgIpc) is 2.46. The number of para-hydroxylation sites is 1. The minimum atomic E-state index is -1.21. The Morgan fingerprint density at radius 1 is 1.14 bits per heavy atom. The minimum absolute atomic E-state index is 0.138. The number of aryl methyl sites for hydroxylation is 1. The molecule has 2 aromatic carbocycles. The molecular weight excluding hydrogens is 286 g/mol. The van der Waals surface area contributed by atoms with Crippen LogP contribution in [0.5, 0.6) is 0 Å². The molecular formula is C17H11ClNO2-. The molecule has 0 bridgehead atoms. The Bertz CT molecular complexity index is 859. The summed E-state index contributed by atoms with van der Waals surface area (Å²) in [6.07, 6.45) is 0. The molecule has 0 N–H and O–H groups in total. The molecule has 0 saturated heterocycles. The number of fused-ring (bicyclic) bond motifs is 1. The summed E-state index contributed by atoms with van der Waals surface area (Å²) in [5.74, 6) is -1.21. The van der Waals surface area contributed by atoms with Crippen LogP contribution in [0.4, 0.5) is 0 Å². The van der Waals surface area contributed by atoms with E-state index in [0.29, 0.717) is 21.6 Å². The minimum Gasteiger partial charge on any atom is -0.545 e. The Morgan fingerprint density at radius 3 is 2.62 bits per heavy atom. The monoisotopic (exact) mass is 296 g/mol. The fourth-order valence-electron chi connectivity index (χ4n) is 2.36. The van der Waals surface area contributed by atoms with Gasteiger partial charge in [0.1, 0.15) is 0 Å². The van der Waals surface area contributed by atoms with Crippen LogP contribution in [0.2, 0.25) is 5.02 Å². The Morgan fingerprint density at radius 2 is 1.90 bits per heavy atom. The molecule has 1 heterocycles. The molecule has 0 fully saturated rings. The average molecular weight is 297 g/mol. The largest absolute Gasteiger partial charge is 0.545 e. The van der Waals surface area contributed by atoms with Gasteiger partial charge < -0.3 is 9.90 Å². The van der Waals surface area contributed by atoms with Crippen LogP contribution in [-0.4, -0.2) is 11.0 Å². The van der Waals surface area contributed by atoms with Crippen molar-refractivity contribution in [3.05, 3.63) is 64.7 Å². The van der Waals surface area contributed by atoms with Gasteiger partial charge in [0.25, 0.3) is 0 Å². The zero-order chi connectivity index (χ0) is 15.0. The third-order valence-electron chi connectivity index (χ3n) is 3.38. The molecule has 1 aromatic heterocycles. The molecule has 21 heavy (non-hydrogen) atoms. The Balaban J connectivity index is 2.35. The molecule has 0 aliphatic rings. The van der Waals surface area contributed by atoms with Crippen LogP contribution >= 0.6 is 11.6 Å². The van der Waals surface area contributed by atoms with Gasteiger partial charge in [-0.1, -0.05) is 41.9 Å². The maximum absolute atomic E-state index is 11.4. The maximum atomic E-state index is 11.4. The Kier molecular flexibility index (Phi) is 3.35. The summed E-state index contributed by atoms with van der Waals surface area (Å²) in [6.45, 7) is 1.90. The van der Waals surface area contributed by atoms with Crippen LogP contribution in [0.15, 0.2) is 48.5 Å². The van der Waals surface area contributed by atoms with E-state index in [0.717, 1.165) is 11.1 Å². The Hall–Kier alpha value is -2.39. The van der Waals surface area contributed by atoms with Crippen molar-refractivity contribution in [1.82, 2.24) is 4.98 Å². The normalized spacial score (nSPS) is 10.8. The first-order valence-electron chi connectivity index (χ1n) is 6.44. The van der Waals surface area contributed by atoms with Crippen LogP contribution in [0.25, 0.3) is 22.2 Å². The smallest absolute Gasteiger partial charge is 0.0745 e. The molecule has 0 atom stereocenters. The van der Waals surface area contributed by atoms with E-state index in [-0.39, 0.29) is 5.56 Å². The molecule has 0 unspecified atom stereocenters. The number of carboxylic acids is 1. The molecule has 0 amide bonds. The molecule has 0 aliphatic heterocycles. The lowest BCUT2D eigenvalue weighted by Gasteiger charge is -2.12. The number of carboxylic acid groups (broad SMARTS) is 1. The highest BCUT2D eigenvalue weighted by Crippen LogP contribution is 2.27. The van der Waals surface area contributed by atoms with E-state index in [4.69, 9.17) is 11.6 Å². The van der Waals surface area contributed by atoms with Gasteiger partial charge in [0, 0.05) is 21.5 Å². The van der Waals surface area contributed by atoms with Gasteiger partial charge in [-0.25, -0.2) is 4.98 Å². The second kappa shape index (κ2) is 5.19. The summed E-state index contributed by atoms with van der Waals surface area (Å²) in [6, 6.07) is 14.1. The summed E-state index contributed by atoms with van der Waals surface area (Å²) < 4.78 is 0. The quantitative estimate of drug-likeness (QED) is 0.729. The van der Waals surface area contributed by atoms with Gasteiger partial charge in [-0.2, -0.15) is 0 Å². The first kappa shape index (κ1) is 13.6. The predicted octanol–water partition coefficient (Wildman–Crippen LogP) is 3.23. The molecule has 3 aromatic rings. The zero-order valence-electron chi connectivity index (χ0n) is 11.3. The zero-order valence-corrected chi connectivity index (χ0v) is 12.0. The van der Waals surface area contributed by atoms with Crippen LogP contribution in [-0.2, 0) is 0 Å². The maximum Gasteiger partial charge on any atom is 0.0745 e. The predicted molar refractivity (Wildman–Crippen MR) is 81.3 cm³/mol. The number of carbonyl (C=O) groups excluding carboxylic acids is 1. The number of carbonyl (C=O) groups is 1.